The van der Waals surface area contributed by atoms with E-state index in [1.165, 1.54) is 6.08 Å². The second-order valence-corrected chi connectivity index (χ2v) is 10.6. The highest BCUT2D eigenvalue weighted by Gasteiger charge is 2.53. The van der Waals surface area contributed by atoms with Crippen molar-refractivity contribution in [2.24, 2.45) is 0 Å². The second kappa shape index (κ2) is 15.9. The summed E-state index contributed by atoms with van der Waals surface area (Å²) in [6.07, 6.45) is -1.97. The summed E-state index contributed by atoms with van der Waals surface area (Å²) in [5.74, 6) is -1.63. The molecule has 0 aliphatic carbocycles. The van der Waals surface area contributed by atoms with Crippen LogP contribution in [0.3, 0.4) is 0 Å². The lowest BCUT2D eigenvalue weighted by atomic mass is 9.87. The quantitative estimate of drug-likeness (QED) is 0.100. The Balaban J connectivity index is 1.52. The molecule has 9 nitrogen and oxygen atoms in total. The molecule has 1 saturated heterocycles. The minimum absolute atomic E-state index is 0.0349. The van der Waals surface area contributed by atoms with Crippen LogP contribution in [0.2, 0.25) is 0 Å². The zero-order chi connectivity index (χ0) is 30.5. The lowest BCUT2D eigenvalue weighted by Gasteiger charge is -2.40. The molecule has 0 saturated carbocycles. The van der Waals surface area contributed by atoms with E-state index in [1.54, 1.807) is 44.2 Å². The van der Waals surface area contributed by atoms with Gasteiger partial charge in [0.25, 0.3) is 0 Å². The summed E-state index contributed by atoms with van der Waals surface area (Å²) >= 11 is 0. The Bertz CT molecular complexity index is 1250. The maximum Gasteiger partial charge on any atom is 0.338 e. The van der Waals surface area contributed by atoms with Gasteiger partial charge < -0.3 is 38.3 Å². The molecule has 9 heteroatoms. The van der Waals surface area contributed by atoms with Crippen LogP contribution in [-0.2, 0) is 46.4 Å². The van der Waals surface area contributed by atoms with Gasteiger partial charge >= 0.3 is 5.97 Å². The Labute approximate surface area is 252 Å². The number of esters is 1. The third kappa shape index (κ3) is 9.54. The van der Waals surface area contributed by atoms with E-state index < -0.39 is 35.7 Å². The average Bonchev–Trinajstić information content (AvgIpc) is 3.41. The third-order valence-electron chi connectivity index (χ3n) is 6.93. The van der Waals surface area contributed by atoms with Gasteiger partial charge in [0.15, 0.2) is 17.5 Å². The van der Waals surface area contributed by atoms with Gasteiger partial charge in [-0.05, 0) is 37.1 Å². The van der Waals surface area contributed by atoms with Crippen LogP contribution in [-0.4, -0.2) is 67.6 Å². The fourth-order valence-corrected chi connectivity index (χ4v) is 4.62. The summed E-state index contributed by atoms with van der Waals surface area (Å²) < 4.78 is 41.1. The molecule has 0 radical (unpaired) electrons. The highest BCUT2D eigenvalue weighted by atomic mass is 16.8. The van der Waals surface area contributed by atoms with Gasteiger partial charge in [-0.3, -0.25) is 0 Å². The summed E-state index contributed by atoms with van der Waals surface area (Å²) in [6.45, 7) is 7.66. The van der Waals surface area contributed by atoms with Gasteiger partial charge in [-0.1, -0.05) is 91.5 Å². The first-order valence-corrected chi connectivity index (χ1v) is 14.2. The number of carbonyl (C=O) groups is 1. The predicted octanol–water partition coefficient (Wildman–Crippen LogP) is 5.03. The third-order valence-corrected chi connectivity index (χ3v) is 6.93. The SMILES string of the molecule is C=C[C@](O)([C@H](OC(=O)c1ccccc1)[C@@H](COCOCc1ccccc1)OCOCc1ccccc1)[C@H]1COC(C)(C)O1. The summed E-state index contributed by atoms with van der Waals surface area (Å²) in [4.78, 5) is 13.3. The zero-order valence-electron chi connectivity index (χ0n) is 24.6. The molecule has 4 atom stereocenters. The first-order chi connectivity index (χ1) is 20.8. The molecule has 1 heterocycles. The lowest BCUT2D eigenvalue weighted by Crippen LogP contribution is -2.59. The number of carbonyl (C=O) groups excluding carboxylic acids is 1. The van der Waals surface area contributed by atoms with E-state index in [1.807, 2.05) is 60.7 Å². The molecule has 0 amide bonds. The van der Waals surface area contributed by atoms with E-state index in [4.69, 9.17) is 33.2 Å². The van der Waals surface area contributed by atoms with Crippen LogP contribution in [0.15, 0.2) is 104 Å². The molecule has 1 fully saturated rings. The molecule has 0 spiro atoms. The Morgan fingerprint density at radius 1 is 0.930 bits per heavy atom. The van der Waals surface area contributed by atoms with E-state index in [0.29, 0.717) is 18.8 Å². The number of rotatable bonds is 17. The van der Waals surface area contributed by atoms with Crippen molar-refractivity contribution in [3.8, 4) is 0 Å². The highest BCUT2D eigenvalue weighted by molar-refractivity contribution is 5.89. The van der Waals surface area contributed by atoms with Gasteiger partial charge in [-0.15, -0.1) is 0 Å². The minimum Gasteiger partial charge on any atom is -0.452 e. The molecule has 4 rings (SSSR count). The van der Waals surface area contributed by atoms with E-state index in [2.05, 4.69) is 6.58 Å². The van der Waals surface area contributed by atoms with Crippen LogP contribution in [0.5, 0.6) is 0 Å². The topological polar surface area (TPSA) is 102 Å². The molecule has 230 valence electrons. The fourth-order valence-electron chi connectivity index (χ4n) is 4.62. The monoisotopic (exact) mass is 592 g/mol. The zero-order valence-corrected chi connectivity index (χ0v) is 24.6. The number of ether oxygens (including phenoxy) is 7. The van der Waals surface area contributed by atoms with Crippen molar-refractivity contribution in [3.63, 3.8) is 0 Å². The number of hydrogen-bond acceptors (Lipinski definition) is 9. The van der Waals surface area contributed by atoms with Gasteiger partial charge in [-0.25, -0.2) is 4.79 Å². The first-order valence-electron chi connectivity index (χ1n) is 14.2. The standard InChI is InChI=1S/C34H40O9/c1-4-34(36,30-23-41-33(2,3)43-30)31(42-32(35)28-18-12-7-13-19-28)29(40-25-38-21-27-16-10-6-11-17-27)22-39-24-37-20-26-14-8-5-9-15-26/h4-19,29-31,36H,1,20-25H2,2-3H3/t29-,30-,31-,34-/m1/s1. The van der Waals surface area contributed by atoms with Crippen molar-refractivity contribution in [1.29, 1.82) is 0 Å². The molecule has 0 bridgehead atoms. The van der Waals surface area contributed by atoms with Crippen LogP contribution in [0.4, 0.5) is 0 Å². The van der Waals surface area contributed by atoms with Crippen LogP contribution < -0.4 is 0 Å². The molecule has 1 N–H and O–H groups in total. The Morgan fingerprint density at radius 3 is 2.02 bits per heavy atom. The molecule has 3 aromatic rings. The van der Waals surface area contributed by atoms with Crippen molar-refractivity contribution in [2.45, 2.75) is 56.8 Å². The normalized spacial score (nSPS) is 18.8. The van der Waals surface area contributed by atoms with Crippen molar-refractivity contribution >= 4 is 5.97 Å². The van der Waals surface area contributed by atoms with E-state index >= 15 is 0 Å². The Hall–Kier alpha value is -3.41. The van der Waals surface area contributed by atoms with Crippen LogP contribution >= 0.6 is 0 Å². The first kappa shape index (κ1) is 32.5. The van der Waals surface area contributed by atoms with Gasteiger partial charge in [0.05, 0.1) is 32.0 Å². The van der Waals surface area contributed by atoms with Crippen molar-refractivity contribution in [1.82, 2.24) is 0 Å². The molecule has 3 aromatic carbocycles. The van der Waals surface area contributed by atoms with Crippen LogP contribution in [0, 0.1) is 0 Å². The molecular formula is C34H40O9. The summed E-state index contributed by atoms with van der Waals surface area (Å²) in [5, 5.41) is 12.1. The van der Waals surface area contributed by atoms with Crippen LogP contribution in [0.25, 0.3) is 0 Å². The minimum atomic E-state index is -1.92. The van der Waals surface area contributed by atoms with Gasteiger partial charge in [0, 0.05) is 0 Å². The Kier molecular flexibility index (Phi) is 12.0. The number of aliphatic hydroxyl groups is 1. The van der Waals surface area contributed by atoms with E-state index in [0.717, 1.165) is 11.1 Å². The smallest absolute Gasteiger partial charge is 0.338 e. The maximum absolute atomic E-state index is 13.3. The molecule has 43 heavy (non-hydrogen) atoms. The predicted molar refractivity (Wildman–Crippen MR) is 159 cm³/mol. The maximum atomic E-state index is 13.3. The van der Waals surface area contributed by atoms with Gasteiger partial charge in [0.2, 0.25) is 0 Å². The molecule has 1 aliphatic rings. The summed E-state index contributed by atoms with van der Waals surface area (Å²) in [7, 11) is 0. The molecular weight excluding hydrogens is 552 g/mol. The number of hydrogen-bond donors (Lipinski definition) is 1. The van der Waals surface area contributed by atoms with E-state index in [-0.39, 0.29) is 26.8 Å². The average molecular weight is 593 g/mol. The Morgan fingerprint density at radius 2 is 1.49 bits per heavy atom. The van der Waals surface area contributed by atoms with Crippen molar-refractivity contribution in [2.75, 3.05) is 26.8 Å². The fraction of sp³-hybridized carbons (Fsp3) is 0.382. The largest absolute Gasteiger partial charge is 0.452 e. The summed E-state index contributed by atoms with van der Waals surface area (Å²) in [5.41, 5.74) is 0.330. The summed E-state index contributed by atoms with van der Waals surface area (Å²) in [6, 6.07) is 27.8. The molecule has 0 unspecified atom stereocenters. The van der Waals surface area contributed by atoms with Crippen molar-refractivity contribution in [3.05, 3.63) is 120 Å². The van der Waals surface area contributed by atoms with Crippen LogP contribution in [0.1, 0.15) is 35.3 Å². The highest BCUT2D eigenvalue weighted by Crippen LogP contribution is 2.35. The molecule has 1 aliphatic heterocycles. The molecule has 0 aromatic heterocycles. The van der Waals surface area contributed by atoms with Gasteiger partial charge in [-0.2, -0.15) is 0 Å². The second-order valence-electron chi connectivity index (χ2n) is 10.6. The number of benzene rings is 3. The van der Waals surface area contributed by atoms with E-state index in [9.17, 15) is 9.90 Å². The van der Waals surface area contributed by atoms with Gasteiger partial charge in [0.1, 0.15) is 25.8 Å². The van der Waals surface area contributed by atoms with Crippen molar-refractivity contribution < 1.29 is 43.1 Å². The lowest BCUT2D eigenvalue weighted by molar-refractivity contribution is -0.220.